The van der Waals surface area contributed by atoms with Crippen LogP contribution in [-0.2, 0) is 24.7 Å². The number of carbonyl (C=O) groups is 1. The van der Waals surface area contributed by atoms with Crippen molar-refractivity contribution in [1.82, 2.24) is 15.1 Å². The summed E-state index contributed by atoms with van der Waals surface area (Å²) in [7, 11) is 3.49. The molecule has 0 aliphatic rings. The zero-order valence-electron chi connectivity index (χ0n) is 17.2. The van der Waals surface area contributed by atoms with Crippen molar-refractivity contribution in [2.75, 3.05) is 7.11 Å². The van der Waals surface area contributed by atoms with Crippen molar-refractivity contribution in [3.8, 4) is 5.75 Å². The number of benzene rings is 2. The average Bonchev–Trinajstić information content (AvgIpc) is 2.95. The average molecular weight is 395 g/mol. The molecule has 0 fully saturated rings. The normalized spacial score (nSPS) is 11.9. The summed E-state index contributed by atoms with van der Waals surface area (Å²) in [5.74, 6) is 0.399. The highest BCUT2D eigenvalue weighted by molar-refractivity contribution is 5.79. The molecular formula is C23H26FN3O2. The highest BCUT2D eigenvalue weighted by Crippen LogP contribution is 2.22. The Kier molecular flexibility index (Phi) is 6.32. The van der Waals surface area contributed by atoms with Crippen molar-refractivity contribution in [3.63, 3.8) is 0 Å². The fourth-order valence-corrected chi connectivity index (χ4v) is 3.42. The zero-order chi connectivity index (χ0) is 21.0. The molecule has 0 aliphatic heterocycles. The van der Waals surface area contributed by atoms with E-state index < -0.39 is 0 Å². The molecule has 0 aliphatic carbocycles. The first-order chi connectivity index (χ1) is 13.9. The molecule has 1 N–H and O–H groups in total. The monoisotopic (exact) mass is 395 g/mol. The van der Waals surface area contributed by atoms with E-state index in [9.17, 15) is 9.18 Å². The lowest BCUT2D eigenvalue weighted by molar-refractivity contribution is -0.121. The number of hydrogen-bond donors (Lipinski definition) is 1. The van der Waals surface area contributed by atoms with E-state index in [2.05, 4.69) is 10.4 Å². The van der Waals surface area contributed by atoms with Crippen LogP contribution in [0.1, 0.15) is 34.1 Å². The molecule has 5 nitrogen and oxygen atoms in total. The molecule has 1 amide bonds. The van der Waals surface area contributed by atoms with Crippen LogP contribution in [0.2, 0.25) is 0 Å². The second-order valence-corrected chi connectivity index (χ2v) is 7.17. The summed E-state index contributed by atoms with van der Waals surface area (Å²) in [6, 6.07) is 13.7. The molecular weight excluding hydrogens is 369 g/mol. The summed E-state index contributed by atoms with van der Waals surface area (Å²) in [5, 5.41) is 7.52. The minimum absolute atomic E-state index is 0.0767. The first-order valence-electron chi connectivity index (χ1n) is 9.54. The van der Waals surface area contributed by atoms with Crippen molar-refractivity contribution in [2.45, 2.75) is 32.7 Å². The van der Waals surface area contributed by atoms with E-state index in [4.69, 9.17) is 4.74 Å². The Morgan fingerprint density at radius 1 is 1.14 bits per heavy atom. The van der Waals surface area contributed by atoms with Gasteiger partial charge >= 0.3 is 0 Å². The molecule has 29 heavy (non-hydrogen) atoms. The van der Waals surface area contributed by atoms with Gasteiger partial charge in [-0.05, 0) is 55.7 Å². The van der Waals surface area contributed by atoms with Crippen LogP contribution in [0.15, 0.2) is 48.5 Å². The first-order valence-corrected chi connectivity index (χ1v) is 9.54. The van der Waals surface area contributed by atoms with E-state index in [1.165, 1.54) is 12.1 Å². The van der Waals surface area contributed by atoms with E-state index in [0.717, 1.165) is 33.8 Å². The summed E-state index contributed by atoms with van der Waals surface area (Å²) >= 11 is 0. The topological polar surface area (TPSA) is 56.1 Å². The number of amides is 1. The lowest BCUT2D eigenvalue weighted by Crippen LogP contribution is -2.31. The van der Waals surface area contributed by atoms with Crippen molar-refractivity contribution in [2.24, 2.45) is 7.05 Å². The highest BCUT2D eigenvalue weighted by Gasteiger charge is 2.19. The van der Waals surface area contributed by atoms with E-state index in [0.29, 0.717) is 6.42 Å². The number of ether oxygens (including phenoxy) is 1. The second kappa shape index (κ2) is 8.90. The van der Waals surface area contributed by atoms with Crippen molar-refractivity contribution in [1.29, 1.82) is 0 Å². The molecule has 0 saturated heterocycles. The van der Waals surface area contributed by atoms with E-state index in [1.807, 2.05) is 45.2 Å². The maximum absolute atomic E-state index is 13.3. The summed E-state index contributed by atoms with van der Waals surface area (Å²) in [6.07, 6.45) is 0.824. The molecule has 1 heterocycles. The van der Waals surface area contributed by atoms with Crippen LogP contribution < -0.4 is 10.1 Å². The van der Waals surface area contributed by atoms with Crippen LogP contribution in [0.5, 0.6) is 5.75 Å². The molecule has 6 heteroatoms. The molecule has 3 aromatic rings. The van der Waals surface area contributed by atoms with Gasteiger partial charge in [0.05, 0.1) is 25.3 Å². The number of nitrogens with zero attached hydrogens (tertiary/aromatic N) is 2. The number of methoxy groups -OCH3 is 1. The largest absolute Gasteiger partial charge is 0.497 e. The lowest BCUT2D eigenvalue weighted by atomic mass is 9.98. The molecule has 0 bridgehead atoms. The molecule has 0 radical (unpaired) electrons. The summed E-state index contributed by atoms with van der Waals surface area (Å²) in [4.78, 5) is 12.8. The summed E-state index contributed by atoms with van der Waals surface area (Å²) < 4.78 is 20.3. The van der Waals surface area contributed by atoms with Gasteiger partial charge < -0.3 is 10.1 Å². The number of aromatic nitrogens is 2. The van der Waals surface area contributed by atoms with Crippen LogP contribution in [0.3, 0.4) is 0 Å². The predicted molar refractivity (Wildman–Crippen MR) is 110 cm³/mol. The van der Waals surface area contributed by atoms with Gasteiger partial charge in [-0.25, -0.2) is 4.39 Å². The number of carbonyl (C=O) groups excluding carboxylic acids is 1. The minimum Gasteiger partial charge on any atom is -0.497 e. The summed E-state index contributed by atoms with van der Waals surface area (Å²) in [5.41, 5.74) is 4.70. The van der Waals surface area contributed by atoms with E-state index in [1.54, 1.807) is 23.9 Å². The zero-order valence-corrected chi connectivity index (χ0v) is 17.2. The van der Waals surface area contributed by atoms with Crippen molar-refractivity contribution < 1.29 is 13.9 Å². The van der Waals surface area contributed by atoms with Gasteiger partial charge in [-0.1, -0.05) is 24.3 Å². The predicted octanol–water partition coefficient (Wildman–Crippen LogP) is 3.83. The third kappa shape index (κ3) is 5.02. The summed E-state index contributed by atoms with van der Waals surface area (Å²) in [6.45, 7) is 3.87. The number of halogens is 1. The fourth-order valence-electron chi connectivity index (χ4n) is 3.42. The lowest BCUT2D eigenvalue weighted by Gasteiger charge is -2.20. The molecule has 152 valence electrons. The molecule has 2 aromatic carbocycles. The Morgan fingerprint density at radius 2 is 1.79 bits per heavy atom. The molecule has 0 saturated carbocycles. The van der Waals surface area contributed by atoms with Crippen LogP contribution in [0, 0.1) is 19.7 Å². The standard InChI is InChI=1S/C23H26FN3O2/c1-15-21(16(2)27(3)26-15)14-23(28)25-22(13-17-5-9-19(24)10-6-17)18-7-11-20(29-4)12-8-18/h5-12,22H,13-14H2,1-4H3,(H,25,28). The second-order valence-electron chi connectivity index (χ2n) is 7.17. The first kappa shape index (κ1) is 20.6. The fraction of sp³-hybridized carbons (Fsp3) is 0.304. The van der Waals surface area contributed by atoms with Crippen LogP contribution in [-0.4, -0.2) is 22.8 Å². The molecule has 1 atom stereocenters. The molecule has 0 spiro atoms. The van der Waals surface area contributed by atoms with Gasteiger partial charge in [0.1, 0.15) is 11.6 Å². The van der Waals surface area contributed by atoms with Crippen LogP contribution >= 0.6 is 0 Å². The van der Waals surface area contributed by atoms with Gasteiger partial charge in [0.25, 0.3) is 0 Å². The van der Waals surface area contributed by atoms with Crippen LogP contribution in [0.25, 0.3) is 0 Å². The van der Waals surface area contributed by atoms with Crippen LogP contribution in [0.4, 0.5) is 4.39 Å². The SMILES string of the molecule is COc1ccc(C(Cc2ccc(F)cc2)NC(=O)Cc2c(C)nn(C)c2C)cc1. The molecule has 3 rings (SSSR count). The minimum atomic E-state index is -0.277. The quantitative estimate of drug-likeness (QED) is 0.662. The third-order valence-electron chi connectivity index (χ3n) is 5.20. The number of hydrogen-bond acceptors (Lipinski definition) is 3. The number of aryl methyl sites for hydroxylation is 2. The highest BCUT2D eigenvalue weighted by atomic mass is 19.1. The Bertz CT molecular complexity index is 979. The van der Waals surface area contributed by atoms with Gasteiger partial charge in [0, 0.05) is 18.3 Å². The van der Waals surface area contributed by atoms with Crippen molar-refractivity contribution >= 4 is 5.91 Å². The van der Waals surface area contributed by atoms with Gasteiger partial charge in [0.15, 0.2) is 0 Å². The maximum Gasteiger partial charge on any atom is 0.225 e. The Labute approximate surface area is 170 Å². The Morgan fingerprint density at radius 3 is 2.34 bits per heavy atom. The maximum atomic E-state index is 13.3. The van der Waals surface area contributed by atoms with Gasteiger partial charge in [-0.15, -0.1) is 0 Å². The molecule has 1 aromatic heterocycles. The molecule has 1 unspecified atom stereocenters. The van der Waals surface area contributed by atoms with E-state index in [-0.39, 0.29) is 24.2 Å². The van der Waals surface area contributed by atoms with Gasteiger partial charge in [0.2, 0.25) is 5.91 Å². The van der Waals surface area contributed by atoms with Gasteiger partial charge in [-0.3, -0.25) is 9.48 Å². The Balaban J connectivity index is 1.81. The Hall–Kier alpha value is -3.15. The number of nitrogens with one attached hydrogen (secondary N) is 1. The number of rotatable bonds is 7. The van der Waals surface area contributed by atoms with Gasteiger partial charge in [-0.2, -0.15) is 5.10 Å². The van der Waals surface area contributed by atoms with Crippen molar-refractivity contribution in [3.05, 3.63) is 82.4 Å². The van der Waals surface area contributed by atoms with E-state index >= 15 is 0 Å². The third-order valence-corrected chi connectivity index (χ3v) is 5.20. The smallest absolute Gasteiger partial charge is 0.225 e.